The van der Waals surface area contributed by atoms with Gasteiger partial charge in [0.25, 0.3) is 0 Å². The number of hydrogen-bond acceptors (Lipinski definition) is 0. The molecule has 0 atom stereocenters. The average Bonchev–Trinajstić information content (AvgIpc) is 0.722. The average molecular weight is 393 g/mol. The first-order valence-electron chi connectivity index (χ1n) is 0.873. The molecular formula is H3BBaF4LiTb-. The third-order valence-corrected chi connectivity index (χ3v) is 0. The zero-order chi connectivity index (χ0) is 4.50. The SMILES string of the molecule is F[B-](F)(F)F.[Ba+2].[H-].[H-].[H-].[Li+].[Tb]. The Morgan fingerprint density at radius 3 is 1.00 bits per heavy atom. The van der Waals surface area contributed by atoms with E-state index in [9.17, 15) is 17.3 Å². The standard InChI is InChI=1S/BF4.Ba.Li.Tb.3H/c2-1(3,4)5;;;;;;/q-1;+2;+1;;3*-1. The minimum absolute atomic E-state index is 0. The van der Waals surface area contributed by atoms with Gasteiger partial charge in [0, 0.05) is 38.6 Å². The normalized spacial score (nSPS) is 7.50. The van der Waals surface area contributed by atoms with E-state index in [0.717, 1.165) is 0 Å². The van der Waals surface area contributed by atoms with Crippen molar-refractivity contribution in [3.05, 3.63) is 0 Å². The smallest absolute Gasteiger partial charge is 1.00 e. The molecule has 1 radical (unpaired) electrons. The molecule has 0 fully saturated rings. The van der Waals surface area contributed by atoms with E-state index in [4.69, 9.17) is 0 Å². The summed E-state index contributed by atoms with van der Waals surface area (Å²) in [5.74, 6) is 0. The molecule has 0 bridgehead atoms. The third kappa shape index (κ3) is 59.8. The Morgan fingerprint density at radius 2 is 1.00 bits per heavy atom. The minimum Gasteiger partial charge on any atom is -1.00 e. The largest absolute Gasteiger partial charge is 2.00 e. The maximum Gasteiger partial charge on any atom is 2.00 e. The molecule has 0 nitrogen and oxygen atoms in total. The fraction of sp³-hybridized carbons (Fsp3) is 0. The molecule has 0 aromatic carbocycles. The van der Waals surface area contributed by atoms with Crippen LogP contribution in [0.5, 0.6) is 0 Å². The van der Waals surface area contributed by atoms with Gasteiger partial charge in [-0.1, -0.05) is 0 Å². The fourth-order valence-corrected chi connectivity index (χ4v) is 0. The molecule has 0 aliphatic rings. The molecule has 8 heteroatoms. The maximum absolute atomic E-state index is 9.75. The van der Waals surface area contributed by atoms with Crippen LogP contribution in [0, 0.1) is 38.6 Å². The van der Waals surface area contributed by atoms with Gasteiger partial charge in [0.2, 0.25) is 0 Å². The maximum atomic E-state index is 9.75. The first-order valence-corrected chi connectivity index (χ1v) is 0.873. The predicted molar refractivity (Wildman–Crippen MR) is 19.3 cm³/mol. The van der Waals surface area contributed by atoms with E-state index in [-0.39, 0.29) is 111 Å². The summed E-state index contributed by atoms with van der Waals surface area (Å²) in [6, 6.07) is 0. The van der Waals surface area contributed by atoms with E-state index in [1.54, 1.807) is 0 Å². The zero-order valence-corrected chi connectivity index (χ0v) is 10.7. The van der Waals surface area contributed by atoms with Crippen molar-refractivity contribution in [3.63, 3.8) is 0 Å². The Hall–Kier alpha value is 3.24. The van der Waals surface area contributed by atoms with Crippen molar-refractivity contribution in [2.24, 2.45) is 0 Å². The summed E-state index contributed by atoms with van der Waals surface area (Å²) in [6.07, 6.45) is 0. The Balaban J connectivity index is -0.00000000533. The van der Waals surface area contributed by atoms with Crippen molar-refractivity contribution in [1.82, 2.24) is 0 Å². The third-order valence-electron chi connectivity index (χ3n) is 0. The van der Waals surface area contributed by atoms with E-state index in [1.165, 1.54) is 0 Å². The zero-order valence-electron chi connectivity index (χ0n) is 7.13. The molecule has 0 aliphatic carbocycles. The van der Waals surface area contributed by atoms with Crippen molar-refractivity contribution in [3.8, 4) is 0 Å². The quantitative estimate of drug-likeness (QED) is 0.339. The summed E-state index contributed by atoms with van der Waals surface area (Å²) in [6.45, 7) is 0. The second-order valence-electron chi connectivity index (χ2n) is 0.495. The van der Waals surface area contributed by atoms with Crippen molar-refractivity contribution in [2.75, 3.05) is 0 Å². The predicted octanol–water partition coefficient (Wildman–Crippen LogP) is -1.74. The Bertz CT molecular complexity index is 40.8. The second-order valence-corrected chi connectivity index (χ2v) is 0.495. The second kappa shape index (κ2) is 10.2. The van der Waals surface area contributed by atoms with Crippen LogP contribution in [0.1, 0.15) is 4.28 Å². The molecule has 0 aromatic rings. The summed E-state index contributed by atoms with van der Waals surface area (Å²) >= 11 is 0. The molecule has 0 heterocycles. The van der Waals surface area contributed by atoms with E-state index < -0.39 is 7.25 Å². The Labute approximate surface area is 132 Å². The summed E-state index contributed by atoms with van der Waals surface area (Å²) in [5, 5.41) is 0. The van der Waals surface area contributed by atoms with Crippen LogP contribution in [0.25, 0.3) is 0 Å². The van der Waals surface area contributed by atoms with Crippen molar-refractivity contribution < 1.29 is 79.0 Å². The van der Waals surface area contributed by atoms with Gasteiger partial charge in [0.15, 0.2) is 0 Å². The van der Waals surface area contributed by atoms with Crippen LogP contribution >= 0.6 is 0 Å². The van der Waals surface area contributed by atoms with Crippen molar-refractivity contribution >= 4 is 56.1 Å². The molecule has 0 saturated heterocycles. The summed E-state index contributed by atoms with van der Waals surface area (Å²) < 4.78 is 39.0. The molecule has 8 heavy (non-hydrogen) atoms. The summed E-state index contributed by atoms with van der Waals surface area (Å²) in [5.41, 5.74) is 0. The van der Waals surface area contributed by atoms with E-state index >= 15 is 0 Å². The van der Waals surface area contributed by atoms with Gasteiger partial charge in [-0.15, -0.1) is 0 Å². The first-order chi connectivity index (χ1) is 2.00. The van der Waals surface area contributed by atoms with Gasteiger partial charge in [-0.25, -0.2) is 0 Å². The Morgan fingerprint density at radius 1 is 1.00 bits per heavy atom. The number of halogens is 4. The monoisotopic (exact) mass is 394 g/mol. The van der Waals surface area contributed by atoms with Crippen LogP contribution in [0.3, 0.4) is 0 Å². The van der Waals surface area contributed by atoms with Crippen LogP contribution in [0.15, 0.2) is 0 Å². The molecule has 0 saturated carbocycles. The van der Waals surface area contributed by atoms with Gasteiger partial charge in [-0.2, -0.15) is 0 Å². The first kappa shape index (κ1) is 22.5. The Kier molecular flexibility index (Phi) is 28.8. The molecule has 0 aliphatic heterocycles. The summed E-state index contributed by atoms with van der Waals surface area (Å²) in [7, 11) is -6.00. The van der Waals surface area contributed by atoms with Gasteiger partial charge in [-0.05, 0) is 0 Å². The van der Waals surface area contributed by atoms with Gasteiger partial charge >= 0.3 is 75.0 Å². The van der Waals surface area contributed by atoms with Crippen LogP contribution in [0.2, 0.25) is 0 Å². The fourth-order valence-electron chi connectivity index (χ4n) is 0. The molecule has 0 spiro atoms. The van der Waals surface area contributed by atoms with Crippen LogP contribution in [-0.4, -0.2) is 56.1 Å². The van der Waals surface area contributed by atoms with Crippen molar-refractivity contribution in [2.45, 2.75) is 0 Å². The topological polar surface area (TPSA) is 0 Å². The summed E-state index contributed by atoms with van der Waals surface area (Å²) in [4.78, 5) is 0. The minimum atomic E-state index is -6.00. The van der Waals surface area contributed by atoms with Crippen molar-refractivity contribution in [1.29, 1.82) is 0 Å². The van der Waals surface area contributed by atoms with Gasteiger partial charge in [0.05, 0.1) is 0 Å². The number of hydrogen-bond donors (Lipinski definition) is 0. The van der Waals surface area contributed by atoms with Gasteiger partial charge < -0.3 is 21.5 Å². The number of rotatable bonds is 0. The molecule has 0 rings (SSSR count). The van der Waals surface area contributed by atoms with E-state index in [2.05, 4.69) is 0 Å². The van der Waals surface area contributed by atoms with Gasteiger partial charge in [-0.3, -0.25) is 0 Å². The van der Waals surface area contributed by atoms with Crippen LogP contribution < -0.4 is 18.9 Å². The molecule has 0 N–H and O–H groups in total. The molecule has 47 valence electrons. The molecule has 0 unspecified atom stereocenters. The van der Waals surface area contributed by atoms with Crippen LogP contribution in [0.4, 0.5) is 17.3 Å². The van der Waals surface area contributed by atoms with E-state index in [0.29, 0.717) is 0 Å². The molecule has 0 amide bonds. The molecular weight excluding hydrogens is 390 g/mol. The van der Waals surface area contributed by atoms with Gasteiger partial charge in [0.1, 0.15) is 0 Å². The molecule has 0 aromatic heterocycles. The van der Waals surface area contributed by atoms with E-state index in [1.807, 2.05) is 0 Å². The van der Waals surface area contributed by atoms with Crippen LogP contribution in [-0.2, 0) is 0 Å².